The number of anilines is 1. The minimum Gasteiger partial charge on any atom is -0.399 e. The highest BCUT2D eigenvalue weighted by Crippen LogP contribution is 2.24. The molecule has 1 fully saturated rings. The molecule has 1 aromatic rings. The maximum Gasteiger partial charge on any atom is 0.222 e. The van der Waals surface area contributed by atoms with Crippen molar-refractivity contribution in [3.05, 3.63) is 29.8 Å². The first-order valence-electron chi connectivity index (χ1n) is 8.67. The van der Waals surface area contributed by atoms with Crippen LogP contribution in [0.25, 0.3) is 0 Å². The predicted molar refractivity (Wildman–Crippen MR) is 99.8 cm³/mol. The summed E-state index contributed by atoms with van der Waals surface area (Å²) in [6.45, 7) is 6.44. The number of hydrogen-bond donors (Lipinski definition) is 1. The minimum atomic E-state index is 0. The lowest BCUT2D eigenvalue weighted by molar-refractivity contribution is -0.132. The van der Waals surface area contributed by atoms with Gasteiger partial charge in [-0.1, -0.05) is 44.9 Å². The van der Waals surface area contributed by atoms with Crippen LogP contribution in [0.1, 0.15) is 51.5 Å². The second kappa shape index (κ2) is 9.82. The number of piperidine rings is 1. The quantitative estimate of drug-likeness (QED) is 0.786. The van der Waals surface area contributed by atoms with Crippen molar-refractivity contribution < 1.29 is 4.79 Å². The number of halogens is 1. The van der Waals surface area contributed by atoms with Crippen LogP contribution >= 0.6 is 12.4 Å². The van der Waals surface area contributed by atoms with Crippen LogP contribution in [0.4, 0.5) is 5.69 Å². The molecule has 2 N–H and O–H groups in total. The molecule has 0 unspecified atom stereocenters. The number of rotatable bonds is 6. The Morgan fingerprint density at radius 1 is 1.26 bits per heavy atom. The molecule has 0 spiro atoms. The molecule has 1 amide bonds. The van der Waals surface area contributed by atoms with Crippen molar-refractivity contribution in [1.29, 1.82) is 0 Å². The van der Waals surface area contributed by atoms with Crippen LogP contribution in [0.5, 0.6) is 0 Å². The number of carbonyl (C=O) groups excluding carboxylic acids is 1. The van der Waals surface area contributed by atoms with Crippen molar-refractivity contribution in [2.75, 3.05) is 18.8 Å². The van der Waals surface area contributed by atoms with Gasteiger partial charge in [-0.3, -0.25) is 4.79 Å². The number of likely N-dealkylation sites (tertiary alicyclic amines) is 1. The minimum absolute atomic E-state index is 0. The molecule has 1 aromatic carbocycles. The van der Waals surface area contributed by atoms with Crippen molar-refractivity contribution in [3.8, 4) is 0 Å². The van der Waals surface area contributed by atoms with E-state index in [1.807, 2.05) is 29.2 Å². The topological polar surface area (TPSA) is 46.3 Å². The molecular formula is C19H31ClN2O. The van der Waals surface area contributed by atoms with E-state index in [0.717, 1.165) is 42.6 Å². The van der Waals surface area contributed by atoms with Crippen LogP contribution in [0, 0.1) is 11.8 Å². The fraction of sp³-hybridized carbons (Fsp3) is 0.632. The van der Waals surface area contributed by atoms with Crippen LogP contribution in [-0.4, -0.2) is 23.9 Å². The van der Waals surface area contributed by atoms with E-state index < -0.39 is 0 Å². The second-order valence-corrected chi connectivity index (χ2v) is 6.99. The molecule has 1 aliphatic rings. The zero-order valence-corrected chi connectivity index (χ0v) is 15.3. The maximum absolute atomic E-state index is 12.3. The number of nitrogens with zero attached hydrogens (tertiary/aromatic N) is 1. The number of carbonyl (C=O) groups is 1. The monoisotopic (exact) mass is 338 g/mol. The summed E-state index contributed by atoms with van der Waals surface area (Å²) in [5.74, 6) is 1.89. The van der Waals surface area contributed by atoms with Crippen LogP contribution < -0.4 is 5.73 Å². The van der Waals surface area contributed by atoms with Crippen molar-refractivity contribution in [3.63, 3.8) is 0 Å². The summed E-state index contributed by atoms with van der Waals surface area (Å²) in [5.41, 5.74) is 7.82. The number of amides is 1. The zero-order chi connectivity index (χ0) is 15.9. The highest BCUT2D eigenvalue weighted by atomic mass is 35.5. The SMILES string of the molecule is CC(C)CCC1CCN(C(=O)CCc2ccccc2N)CC1.Cl. The Bertz CT molecular complexity index is 482. The Hall–Kier alpha value is -1.22. The predicted octanol–water partition coefficient (Wildman–Crippen LogP) is 4.30. The first-order valence-corrected chi connectivity index (χ1v) is 8.67. The largest absolute Gasteiger partial charge is 0.399 e. The lowest BCUT2D eigenvalue weighted by Crippen LogP contribution is -2.38. The van der Waals surface area contributed by atoms with E-state index in [1.165, 1.54) is 25.7 Å². The third-order valence-electron chi connectivity index (χ3n) is 4.78. The Balaban J connectivity index is 0.00000264. The van der Waals surface area contributed by atoms with Gasteiger partial charge in [0.2, 0.25) is 5.91 Å². The number of nitrogen functional groups attached to an aromatic ring is 1. The lowest BCUT2D eigenvalue weighted by Gasteiger charge is -2.32. The van der Waals surface area contributed by atoms with Crippen molar-refractivity contribution in [2.45, 2.75) is 52.4 Å². The standard InChI is InChI=1S/C19H30N2O.ClH/c1-15(2)7-8-16-11-13-21(14-12-16)19(22)10-9-17-5-3-4-6-18(17)20;/h3-6,15-16H,7-14,20H2,1-2H3;1H. The van der Waals surface area contributed by atoms with Crippen molar-refractivity contribution >= 4 is 24.0 Å². The molecule has 2 rings (SSSR count). The number of benzene rings is 1. The molecule has 23 heavy (non-hydrogen) atoms. The summed E-state index contributed by atoms with van der Waals surface area (Å²) in [7, 11) is 0. The van der Waals surface area contributed by atoms with E-state index in [9.17, 15) is 4.79 Å². The molecule has 3 nitrogen and oxygen atoms in total. The number of hydrogen-bond acceptors (Lipinski definition) is 2. The summed E-state index contributed by atoms with van der Waals surface area (Å²) < 4.78 is 0. The second-order valence-electron chi connectivity index (χ2n) is 6.99. The fourth-order valence-corrected chi connectivity index (χ4v) is 3.20. The summed E-state index contributed by atoms with van der Waals surface area (Å²) >= 11 is 0. The summed E-state index contributed by atoms with van der Waals surface area (Å²) in [6, 6.07) is 7.83. The van der Waals surface area contributed by atoms with Gasteiger partial charge in [0.1, 0.15) is 0 Å². The smallest absolute Gasteiger partial charge is 0.222 e. The van der Waals surface area contributed by atoms with E-state index in [2.05, 4.69) is 13.8 Å². The van der Waals surface area contributed by atoms with Gasteiger partial charge in [0.05, 0.1) is 0 Å². The molecule has 0 aromatic heterocycles. The summed E-state index contributed by atoms with van der Waals surface area (Å²) in [4.78, 5) is 14.4. The van der Waals surface area contributed by atoms with Gasteiger partial charge in [-0.15, -0.1) is 12.4 Å². The van der Waals surface area contributed by atoms with Gasteiger partial charge in [-0.05, 0) is 42.7 Å². The van der Waals surface area contributed by atoms with Crippen LogP contribution in [0.2, 0.25) is 0 Å². The van der Waals surface area contributed by atoms with Gasteiger partial charge in [-0.25, -0.2) is 0 Å². The van der Waals surface area contributed by atoms with E-state index in [-0.39, 0.29) is 18.3 Å². The van der Waals surface area contributed by atoms with Crippen LogP contribution in [0.15, 0.2) is 24.3 Å². The average molecular weight is 339 g/mol. The number of para-hydroxylation sites is 1. The Labute approximate surface area is 147 Å². The molecule has 0 atom stereocenters. The first-order chi connectivity index (χ1) is 10.6. The molecule has 0 bridgehead atoms. The van der Waals surface area contributed by atoms with Gasteiger partial charge < -0.3 is 10.6 Å². The fourth-order valence-electron chi connectivity index (χ4n) is 3.20. The van der Waals surface area contributed by atoms with Gasteiger partial charge in [0.25, 0.3) is 0 Å². The highest BCUT2D eigenvalue weighted by molar-refractivity contribution is 5.85. The molecule has 0 radical (unpaired) electrons. The first kappa shape index (κ1) is 19.8. The van der Waals surface area contributed by atoms with E-state index in [0.29, 0.717) is 6.42 Å². The highest BCUT2D eigenvalue weighted by Gasteiger charge is 2.22. The van der Waals surface area contributed by atoms with E-state index in [4.69, 9.17) is 5.73 Å². The third-order valence-corrected chi connectivity index (χ3v) is 4.78. The van der Waals surface area contributed by atoms with Crippen LogP contribution in [0.3, 0.4) is 0 Å². The van der Waals surface area contributed by atoms with Crippen molar-refractivity contribution in [2.24, 2.45) is 11.8 Å². The number of nitrogens with two attached hydrogens (primary N) is 1. The van der Waals surface area contributed by atoms with Gasteiger partial charge >= 0.3 is 0 Å². The third kappa shape index (κ3) is 6.42. The normalized spacial score (nSPS) is 15.5. The molecule has 0 aliphatic carbocycles. The van der Waals surface area contributed by atoms with Gasteiger partial charge in [-0.2, -0.15) is 0 Å². The van der Waals surface area contributed by atoms with Crippen LogP contribution in [-0.2, 0) is 11.2 Å². The summed E-state index contributed by atoms with van der Waals surface area (Å²) in [6.07, 6.45) is 6.30. The van der Waals surface area contributed by atoms with Gasteiger partial charge in [0.15, 0.2) is 0 Å². The van der Waals surface area contributed by atoms with Crippen molar-refractivity contribution in [1.82, 2.24) is 4.90 Å². The molecule has 130 valence electrons. The maximum atomic E-state index is 12.3. The molecular weight excluding hydrogens is 308 g/mol. The molecule has 1 aliphatic heterocycles. The molecule has 0 saturated carbocycles. The Morgan fingerprint density at radius 3 is 2.52 bits per heavy atom. The lowest BCUT2D eigenvalue weighted by atomic mass is 9.89. The van der Waals surface area contributed by atoms with E-state index in [1.54, 1.807) is 0 Å². The Morgan fingerprint density at radius 2 is 1.91 bits per heavy atom. The molecule has 4 heteroatoms. The summed E-state index contributed by atoms with van der Waals surface area (Å²) in [5, 5.41) is 0. The Kier molecular flexibility index (Phi) is 8.46. The van der Waals surface area contributed by atoms with Gasteiger partial charge in [0, 0.05) is 25.2 Å². The molecule has 1 saturated heterocycles. The average Bonchev–Trinajstić information content (AvgIpc) is 2.52. The van der Waals surface area contributed by atoms with E-state index >= 15 is 0 Å². The zero-order valence-electron chi connectivity index (χ0n) is 14.5. The molecule has 1 heterocycles. The number of aryl methyl sites for hydroxylation is 1.